The van der Waals surface area contributed by atoms with E-state index in [1.807, 2.05) is 31.2 Å². The number of rotatable bonds is 4. The number of nitrogens with zero attached hydrogens (tertiary/aromatic N) is 1. The topological polar surface area (TPSA) is 52.4 Å². The van der Waals surface area contributed by atoms with Crippen molar-refractivity contribution in [2.24, 2.45) is 0 Å². The fourth-order valence-corrected chi connectivity index (χ4v) is 2.51. The van der Waals surface area contributed by atoms with Gasteiger partial charge in [0.25, 0.3) is 5.69 Å². The van der Waals surface area contributed by atoms with E-state index in [1.54, 1.807) is 31.0 Å². The molecule has 0 saturated heterocycles. The van der Waals surface area contributed by atoms with Gasteiger partial charge in [0.05, 0.1) is 12.0 Å². The Kier molecular flexibility index (Phi) is 4.06. The Bertz CT molecular complexity index is 596. The number of hydrogen-bond acceptors (Lipinski definition) is 4. The third-order valence-corrected chi connectivity index (χ3v) is 3.84. The van der Waals surface area contributed by atoms with Gasteiger partial charge in [0, 0.05) is 21.9 Å². The first-order valence-corrected chi connectivity index (χ1v) is 6.49. The summed E-state index contributed by atoms with van der Waals surface area (Å²) in [5.41, 5.74) is 1.02. The van der Waals surface area contributed by atoms with Crippen molar-refractivity contribution in [3.05, 3.63) is 58.1 Å². The molecule has 0 spiro atoms. The van der Waals surface area contributed by atoms with Gasteiger partial charge in [-0.2, -0.15) is 0 Å². The maximum Gasteiger partial charge on any atom is 0.269 e. The predicted molar refractivity (Wildman–Crippen MR) is 75.0 cm³/mol. The van der Waals surface area contributed by atoms with Crippen LogP contribution in [0.15, 0.2) is 52.3 Å². The quantitative estimate of drug-likeness (QED) is 0.623. The number of non-ortho nitro benzene ring substituents is 1. The van der Waals surface area contributed by atoms with E-state index in [9.17, 15) is 10.1 Å². The highest BCUT2D eigenvalue weighted by Gasteiger charge is 2.09. The number of nitro benzene ring substituents is 1. The maximum absolute atomic E-state index is 10.7. The first kappa shape index (κ1) is 13.4. The van der Waals surface area contributed by atoms with Gasteiger partial charge in [0.2, 0.25) is 0 Å². The molecule has 98 valence electrons. The van der Waals surface area contributed by atoms with Crippen LogP contribution in [0, 0.1) is 17.0 Å². The molecule has 0 fully saturated rings. The number of nitro groups is 1. The molecular formula is C14H13NO3S. The number of benzene rings is 2. The third-order valence-electron chi connectivity index (χ3n) is 2.66. The molecule has 2 rings (SSSR count). The van der Waals surface area contributed by atoms with Crippen LogP contribution in [0.2, 0.25) is 0 Å². The second-order valence-electron chi connectivity index (χ2n) is 3.98. The van der Waals surface area contributed by atoms with Gasteiger partial charge in [0.15, 0.2) is 0 Å². The summed E-state index contributed by atoms with van der Waals surface area (Å²) < 4.78 is 5.10. The van der Waals surface area contributed by atoms with Gasteiger partial charge < -0.3 is 4.74 Å². The molecule has 0 aliphatic rings. The predicted octanol–water partition coefficient (Wildman–Crippen LogP) is 4.06. The molecule has 0 saturated carbocycles. The van der Waals surface area contributed by atoms with Gasteiger partial charge in [-0.3, -0.25) is 10.1 Å². The highest BCUT2D eigenvalue weighted by atomic mass is 32.2. The summed E-state index contributed by atoms with van der Waals surface area (Å²) in [6.45, 7) is 1.87. The molecule has 0 aliphatic heterocycles. The first-order chi connectivity index (χ1) is 9.10. The minimum absolute atomic E-state index is 0.122. The second-order valence-corrected chi connectivity index (χ2v) is 5.10. The van der Waals surface area contributed by atoms with Gasteiger partial charge in [-0.25, -0.2) is 0 Å². The summed E-state index contributed by atoms with van der Waals surface area (Å²) in [6.07, 6.45) is 0. The molecule has 2 aromatic carbocycles. The van der Waals surface area contributed by atoms with Crippen LogP contribution in [-0.4, -0.2) is 12.0 Å². The number of hydrogen-bond donors (Lipinski definition) is 0. The largest absolute Gasteiger partial charge is 0.497 e. The normalized spacial score (nSPS) is 10.2. The minimum Gasteiger partial charge on any atom is -0.497 e. The smallest absolute Gasteiger partial charge is 0.269 e. The van der Waals surface area contributed by atoms with E-state index in [1.165, 1.54) is 6.07 Å². The van der Waals surface area contributed by atoms with Crippen LogP contribution < -0.4 is 4.74 Å². The summed E-state index contributed by atoms with van der Waals surface area (Å²) in [4.78, 5) is 12.4. The van der Waals surface area contributed by atoms with Crippen LogP contribution >= 0.6 is 11.8 Å². The zero-order chi connectivity index (χ0) is 13.8. The molecule has 0 amide bonds. The van der Waals surface area contributed by atoms with Crippen LogP contribution in [0.25, 0.3) is 0 Å². The van der Waals surface area contributed by atoms with Crippen LogP contribution in [0.3, 0.4) is 0 Å². The second kappa shape index (κ2) is 5.75. The molecule has 0 bridgehead atoms. The van der Waals surface area contributed by atoms with Crippen molar-refractivity contribution >= 4 is 17.4 Å². The number of aryl methyl sites for hydroxylation is 1. The van der Waals surface area contributed by atoms with E-state index >= 15 is 0 Å². The Morgan fingerprint density at radius 3 is 2.37 bits per heavy atom. The van der Waals surface area contributed by atoms with Crippen molar-refractivity contribution in [1.82, 2.24) is 0 Å². The maximum atomic E-state index is 10.7. The van der Waals surface area contributed by atoms with Crippen molar-refractivity contribution in [2.45, 2.75) is 16.7 Å². The molecule has 19 heavy (non-hydrogen) atoms. The Morgan fingerprint density at radius 1 is 1.16 bits per heavy atom. The fourth-order valence-electron chi connectivity index (χ4n) is 1.63. The average Bonchev–Trinajstić information content (AvgIpc) is 2.41. The van der Waals surface area contributed by atoms with E-state index in [0.29, 0.717) is 0 Å². The van der Waals surface area contributed by atoms with Crippen molar-refractivity contribution in [3.63, 3.8) is 0 Å². The summed E-state index contributed by atoms with van der Waals surface area (Å²) in [5, 5.41) is 10.7. The molecule has 0 heterocycles. The number of methoxy groups -OCH3 is 1. The van der Waals surface area contributed by atoms with Gasteiger partial charge in [-0.15, -0.1) is 0 Å². The molecule has 4 nitrogen and oxygen atoms in total. The van der Waals surface area contributed by atoms with Crippen molar-refractivity contribution < 1.29 is 9.66 Å². The van der Waals surface area contributed by atoms with Gasteiger partial charge >= 0.3 is 0 Å². The molecule has 0 aromatic heterocycles. The third kappa shape index (κ3) is 3.26. The highest BCUT2D eigenvalue weighted by Crippen LogP contribution is 2.32. The summed E-state index contributed by atoms with van der Waals surface area (Å²) in [7, 11) is 1.63. The molecule has 0 atom stereocenters. The SMILES string of the molecule is COc1ccc(Sc2ccc([N+](=O)[O-])cc2C)cc1. The minimum atomic E-state index is -0.380. The van der Waals surface area contributed by atoms with Crippen molar-refractivity contribution in [3.8, 4) is 5.75 Å². The van der Waals surface area contributed by atoms with Gasteiger partial charge in [0.1, 0.15) is 5.75 Å². The zero-order valence-electron chi connectivity index (χ0n) is 10.6. The van der Waals surface area contributed by atoms with Crippen LogP contribution in [0.1, 0.15) is 5.56 Å². The molecule has 0 unspecified atom stereocenters. The lowest BCUT2D eigenvalue weighted by molar-refractivity contribution is -0.385. The molecule has 0 aliphatic carbocycles. The monoisotopic (exact) mass is 275 g/mol. The lowest BCUT2D eigenvalue weighted by Crippen LogP contribution is -1.89. The fraction of sp³-hybridized carbons (Fsp3) is 0.143. The molecule has 0 N–H and O–H groups in total. The molecule has 5 heteroatoms. The highest BCUT2D eigenvalue weighted by molar-refractivity contribution is 7.99. The summed E-state index contributed by atoms with van der Waals surface area (Å²) >= 11 is 1.58. The summed E-state index contributed by atoms with van der Waals surface area (Å²) in [6, 6.07) is 12.6. The van der Waals surface area contributed by atoms with Crippen LogP contribution in [-0.2, 0) is 0 Å². The molecular weight excluding hydrogens is 262 g/mol. The van der Waals surface area contributed by atoms with Crippen LogP contribution in [0.5, 0.6) is 5.75 Å². The Morgan fingerprint density at radius 2 is 1.84 bits per heavy atom. The molecule has 0 radical (unpaired) electrons. The standard InChI is InChI=1S/C14H13NO3S/c1-10-9-11(15(16)17)3-8-14(10)19-13-6-4-12(18-2)5-7-13/h3-9H,1-2H3. The van der Waals surface area contributed by atoms with E-state index < -0.39 is 0 Å². The zero-order valence-corrected chi connectivity index (χ0v) is 11.4. The first-order valence-electron chi connectivity index (χ1n) is 5.67. The van der Waals surface area contributed by atoms with E-state index in [-0.39, 0.29) is 10.6 Å². The van der Waals surface area contributed by atoms with Crippen LogP contribution in [0.4, 0.5) is 5.69 Å². The summed E-state index contributed by atoms with van der Waals surface area (Å²) in [5.74, 6) is 0.810. The Labute approximate surface area is 115 Å². The van der Waals surface area contributed by atoms with Gasteiger partial charge in [-0.05, 0) is 42.8 Å². The number of ether oxygens (including phenoxy) is 1. The van der Waals surface area contributed by atoms with E-state index in [0.717, 1.165) is 21.1 Å². The Hall–Kier alpha value is -2.01. The van der Waals surface area contributed by atoms with Crippen molar-refractivity contribution in [2.75, 3.05) is 7.11 Å². The average molecular weight is 275 g/mol. The van der Waals surface area contributed by atoms with Gasteiger partial charge in [-0.1, -0.05) is 11.8 Å². The lowest BCUT2D eigenvalue weighted by Gasteiger charge is -2.06. The molecule has 2 aromatic rings. The lowest BCUT2D eigenvalue weighted by atomic mass is 10.2. The Balaban J connectivity index is 2.20. The van der Waals surface area contributed by atoms with Crippen molar-refractivity contribution in [1.29, 1.82) is 0 Å². The van der Waals surface area contributed by atoms with E-state index in [2.05, 4.69) is 0 Å². The van der Waals surface area contributed by atoms with E-state index in [4.69, 9.17) is 4.74 Å².